The fraction of sp³-hybridized carbons (Fsp3) is 0.733. The lowest BCUT2D eigenvalue weighted by Crippen LogP contribution is -2.28. The standard InChI is InChI=1S/C15H23NOS/c1-2-7-16-15(12-6-8-17-10-12)14-9-11-4-3-5-13(11)18-14/h9,12,15-16H,2-8,10H2,1H3. The molecule has 0 bridgehead atoms. The van der Waals surface area contributed by atoms with Gasteiger partial charge in [-0.05, 0) is 50.3 Å². The van der Waals surface area contributed by atoms with E-state index in [9.17, 15) is 0 Å². The van der Waals surface area contributed by atoms with Crippen LogP contribution in [0.3, 0.4) is 0 Å². The van der Waals surface area contributed by atoms with Crippen molar-refractivity contribution in [2.75, 3.05) is 19.8 Å². The second-order valence-electron chi connectivity index (χ2n) is 5.51. The maximum absolute atomic E-state index is 5.58. The molecule has 0 saturated carbocycles. The van der Waals surface area contributed by atoms with Crippen molar-refractivity contribution >= 4 is 11.3 Å². The van der Waals surface area contributed by atoms with E-state index in [0.29, 0.717) is 12.0 Å². The Bertz CT molecular complexity index is 374. The fourth-order valence-electron chi connectivity index (χ4n) is 3.12. The van der Waals surface area contributed by atoms with E-state index >= 15 is 0 Å². The van der Waals surface area contributed by atoms with Gasteiger partial charge in [0.1, 0.15) is 0 Å². The number of hydrogen-bond acceptors (Lipinski definition) is 3. The van der Waals surface area contributed by atoms with Crippen molar-refractivity contribution in [1.82, 2.24) is 5.32 Å². The summed E-state index contributed by atoms with van der Waals surface area (Å²) in [4.78, 5) is 3.20. The maximum atomic E-state index is 5.58. The summed E-state index contributed by atoms with van der Waals surface area (Å²) >= 11 is 2.05. The summed E-state index contributed by atoms with van der Waals surface area (Å²) in [6.45, 7) is 5.23. The van der Waals surface area contributed by atoms with Crippen molar-refractivity contribution in [3.05, 3.63) is 21.4 Å². The zero-order chi connectivity index (χ0) is 12.4. The molecule has 1 aromatic rings. The highest BCUT2D eigenvalue weighted by molar-refractivity contribution is 7.12. The first-order valence-electron chi connectivity index (χ1n) is 7.31. The van der Waals surface area contributed by atoms with Crippen LogP contribution in [0.15, 0.2) is 6.07 Å². The number of hydrogen-bond donors (Lipinski definition) is 1. The molecule has 1 N–H and O–H groups in total. The Balaban J connectivity index is 1.77. The van der Waals surface area contributed by atoms with Crippen molar-refractivity contribution in [2.45, 2.75) is 45.1 Å². The van der Waals surface area contributed by atoms with E-state index in [1.807, 2.05) is 11.3 Å². The molecule has 0 amide bonds. The van der Waals surface area contributed by atoms with Crippen molar-refractivity contribution in [3.8, 4) is 0 Å². The Labute approximate surface area is 114 Å². The number of aryl methyl sites for hydroxylation is 2. The molecule has 0 radical (unpaired) electrons. The number of nitrogens with one attached hydrogen (secondary N) is 1. The van der Waals surface area contributed by atoms with Crippen LogP contribution >= 0.6 is 11.3 Å². The summed E-state index contributed by atoms with van der Waals surface area (Å²) < 4.78 is 5.58. The summed E-state index contributed by atoms with van der Waals surface area (Å²) in [5.41, 5.74) is 1.62. The predicted octanol–water partition coefficient (Wildman–Crippen LogP) is 3.31. The number of ether oxygens (including phenoxy) is 1. The van der Waals surface area contributed by atoms with Crippen LogP contribution in [0.4, 0.5) is 0 Å². The summed E-state index contributed by atoms with van der Waals surface area (Å²) in [5, 5.41) is 3.75. The van der Waals surface area contributed by atoms with Gasteiger partial charge in [0.25, 0.3) is 0 Å². The van der Waals surface area contributed by atoms with Crippen LogP contribution in [0.2, 0.25) is 0 Å². The first kappa shape index (κ1) is 12.6. The molecule has 1 aromatic heterocycles. The molecule has 2 aliphatic rings. The van der Waals surface area contributed by atoms with Crippen molar-refractivity contribution < 1.29 is 4.74 Å². The third-order valence-corrected chi connectivity index (χ3v) is 5.44. The summed E-state index contributed by atoms with van der Waals surface area (Å²) in [6, 6.07) is 3.00. The molecule has 18 heavy (non-hydrogen) atoms. The highest BCUT2D eigenvalue weighted by Crippen LogP contribution is 2.38. The minimum absolute atomic E-state index is 0.531. The molecule has 0 aromatic carbocycles. The molecule has 100 valence electrons. The monoisotopic (exact) mass is 265 g/mol. The SMILES string of the molecule is CCCNC(c1cc2c(s1)CCC2)C1CCOC1. The van der Waals surface area contributed by atoms with Gasteiger partial charge in [0, 0.05) is 28.3 Å². The van der Waals surface area contributed by atoms with E-state index in [1.54, 1.807) is 15.3 Å². The molecule has 1 aliphatic heterocycles. The van der Waals surface area contributed by atoms with Crippen LogP contribution in [0.25, 0.3) is 0 Å². The average Bonchev–Trinajstić information content (AvgIpc) is 3.05. The van der Waals surface area contributed by atoms with Crippen LogP contribution in [0.5, 0.6) is 0 Å². The highest BCUT2D eigenvalue weighted by atomic mass is 32.1. The Kier molecular flexibility index (Phi) is 4.02. The van der Waals surface area contributed by atoms with Crippen LogP contribution in [-0.4, -0.2) is 19.8 Å². The van der Waals surface area contributed by atoms with E-state index in [-0.39, 0.29) is 0 Å². The van der Waals surface area contributed by atoms with Gasteiger partial charge in [0.2, 0.25) is 0 Å². The second kappa shape index (κ2) is 5.72. The Morgan fingerprint density at radius 3 is 3.17 bits per heavy atom. The van der Waals surface area contributed by atoms with Crippen LogP contribution in [0, 0.1) is 5.92 Å². The van der Waals surface area contributed by atoms with Gasteiger partial charge >= 0.3 is 0 Å². The third kappa shape index (κ3) is 2.49. The first-order chi connectivity index (χ1) is 8.88. The quantitative estimate of drug-likeness (QED) is 0.882. The van der Waals surface area contributed by atoms with Crippen LogP contribution in [0.1, 0.15) is 47.5 Å². The molecule has 2 nitrogen and oxygen atoms in total. The summed E-state index contributed by atoms with van der Waals surface area (Å²) in [5.74, 6) is 0.676. The van der Waals surface area contributed by atoms with E-state index in [4.69, 9.17) is 4.74 Å². The first-order valence-corrected chi connectivity index (χ1v) is 8.12. The molecule has 1 fully saturated rings. The van der Waals surface area contributed by atoms with Gasteiger partial charge in [-0.1, -0.05) is 6.92 Å². The van der Waals surface area contributed by atoms with Gasteiger partial charge in [0.05, 0.1) is 6.61 Å². The minimum Gasteiger partial charge on any atom is -0.381 e. The van der Waals surface area contributed by atoms with E-state index in [1.165, 1.54) is 32.1 Å². The normalized spacial score (nSPS) is 24.4. The molecule has 3 heteroatoms. The Morgan fingerprint density at radius 1 is 1.50 bits per heavy atom. The van der Waals surface area contributed by atoms with Gasteiger partial charge in [-0.15, -0.1) is 11.3 Å². The predicted molar refractivity (Wildman–Crippen MR) is 76.3 cm³/mol. The smallest absolute Gasteiger partial charge is 0.0513 e. The molecular formula is C15H23NOS. The summed E-state index contributed by atoms with van der Waals surface area (Å²) in [7, 11) is 0. The highest BCUT2D eigenvalue weighted by Gasteiger charge is 2.29. The molecule has 2 heterocycles. The molecule has 3 rings (SSSR count). The van der Waals surface area contributed by atoms with Crippen molar-refractivity contribution in [2.24, 2.45) is 5.92 Å². The van der Waals surface area contributed by atoms with Gasteiger partial charge in [-0.3, -0.25) is 0 Å². The lowest BCUT2D eigenvalue weighted by atomic mass is 9.97. The minimum atomic E-state index is 0.531. The third-order valence-electron chi connectivity index (χ3n) is 4.12. The molecule has 1 saturated heterocycles. The molecule has 1 aliphatic carbocycles. The Morgan fingerprint density at radius 2 is 2.44 bits per heavy atom. The molecule has 2 atom stereocenters. The number of fused-ring (bicyclic) bond motifs is 1. The largest absolute Gasteiger partial charge is 0.381 e. The molecular weight excluding hydrogens is 242 g/mol. The molecule has 0 spiro atoms. The van der Waals surface area contributed by atoms with E-state index in [2.05, 4.69) is 18.3 Å². The second-order valence-corrected chi connectivity index (χ2v) is 6.67. The topological polar surface area (TPSA) is 21.3 Å². The average molecular weight is 265 g/mol. The lowest BCUT2D eigenvalue weighted by molar-refractivity contribution is 0.177. The zero-order valence-corrected chi connectivity index (χ0v) is 12.0. The maximum Gasteiger partial charge on any atom is 0.0513 e. The Hall–Kier alpha value is -0.380. The van der Waals surface area contributed by atoms with Gasteiger partial charge in [0.15, 0.2) is 0 Å². The van der Waals surface area contributed by atoms with Gasteiger partial charge in [-0.2, -0.15) is 0 Å². The number of rotatable bonds is 5. The van der Waals surface area contributed by atoms with Crippen molar-refractivity contribution in [3.63, 3.8) is 0 Å². The summed E-state index contributed by atoms with van der Waals surface area (Å²) in [6.07, 6.45) is 6.38. The van der Waals surface area contributed by atoms with E-state index < -0.39 is 0 Å². The van der Waals surface area contributed by atoms with Gasteiger partial charge < -0.3 is 10.1 Å². The van der Waals surface area contributed by atoms with Gasteiger partial charge in [-0.25, -0.2) is 0 Å². The number of thiophene rings is 1. The molecule has 2 unspecified atom stereocenters. The zero-order valence-electron chi connectivity index (χ0n) is 11.2. The lowest BCUT2D eigenvalue weighted by Gasteiger charge is -2.22. The fourth-order valence-corrected chi connectivity index (χ4v) is 4.55. The van der Waals surface area contributed by atoms with E-state index in [0.717, 1.165) is 19.8 Å². The van der Waals surface area contributed by atoms with Crippen LogP contribution < -0.4 is 5.32 Å². The van der Waals surface area contributed by atoms with Crippen LogP contribution in [-0.2, 0) is 17.6 Å². The van der Waals surface area contributed by atoms with Crippen molar-refractivity contribution in [1.29, 1.82) is 0 Å².